The third-order valence-corrected chi connectivity index (χ3v) is 3.91. The first-order valence-corrected chi connectivity index (χ1v) is 7.05. The Morgan fingerprint density at radius 3 is 2.89 bits per heavy atom. The van der Waals surface area contributed by atoms with Crippen LogP contribution in [0.15, 0.2) is 22.0 Å². The fraction of sp³-hybridized carbons (Fsp3) is 0.538. The van der Waals surface area contributed by atoms with Crippen LogP contribution in [0.2, 0.25) is 0 Å². The number of hydrogen-bond donors (Lipinski definition) is 1. The molecule has 0 aromatic carbocycles. The molecule has 2 aromatic rings. The average Bonchev–Trinajstić information content (AvgIpc) is 2.97. The number of nitrogens with zero attached hydrogens (tertiary/aromatic N) is 2. The van der Waals surface area contributed by atoms with Crippen molar-refractivity contribution in [3.63, 3.8) is 0 Å². The molecule has 5 heteroatoms. The van der Waals surface area contributed by atoms with Crippen LogP contribution in [-0.4, -0.2) is 16.7 Å². The van der Waals surface area contributed by atoms with Gasteiger partial charge in [0.15, 0.2) is 0 Å². The minimum atomic E-state index is 0.228. The third-order valence-electron chi connectivity index (χ3n) is 3.05. The summed E-state index contributed by atoms with van der Waals surface area (Å²) in [6.45, 7) is 5.16. The predicted molar refractivity (Wildman–Crippen MR) is 73.4 cm³/mol. The third kappa shape index (κ3) is 3.40. The van der Waals surface area contributed by atoms with Gasteiger partial charge in [-0.2, -0.15) is 4.98 Å². The summed E-state index contributed by atoms with van der Waals surface area (Å²) >= 11 is 1.62. The molecule has 2 aromatic heterocycles. The van der Waals surface area contributed by atoms with E-state index in [1.807, 2.05) is 17.5 Å². The summed E-state index contributed by atoms with van der Waals surface area (Å²) in [7, 11) is 0. The molecule has 0 saturated heterocycles. The second kappa shape index (κ2) is 5.63. The highest BCUT2D eigenvalue weighted by atomic mass is 32.1. The van der Waals surface area contributed by atoms with Gasteiger partial charge in [-0.15, -0.1) is 11.3 Å². The molecule has 2 N–H and O–H groups in total. The van der Waals surface area contributed by atoms with Crippen LogP contribution in [0, 0.1) is 5.41 Å². The number of aryl methyl sites for hydroxylation is 1. The molecule has 4 nitrogen and oxygen atoms in total. The molecule has 2 heterocycles. The van der Waals surface area contributed by atoms with Gasteiger partial charge in [0.2, 0.25) is 11.7 Å². The van der Waals surface area contributed by atoms with E-state index in [1.54, 1.807) is 11.3 Å². The van der Waals surface area contributed by atoms with E-state index < -0.39 is 0 Å². The number of rotatable bonds is 6. The van der Waals surface area contributed by atoms with Crippen LogP contribution in [-0.2, 0) is 6.42 Å². The van der Waals surface area contributed by atoms with Gasteiger partial charge in [0.1, 0.15) is 0 Å². The Morgan fingerprint density at radius 2 is 2.22 bits per heavy atom. The fourth-order valence-electron chi connectivity index (χ4n) is 1.82. The van der Waals surface area contributed by atoms with E-state index in [4.69, 9.17) is 10.3 Å². The quantitative estimate of drug-likeness (QED) is 0.871. The molecule has 0 atom stereocenters. The van der Waals surface area contributed by atoms with Crippen molar-refractivity contribution in [3.05, 3.63) is 23.4 Å². The van der Waals surface area contributed by atoms with Crippen LogP contribution < -0.4 is 5.73 Å². The zero-order chi connectivity index (χ0) is 13.0. The maximum Gasteiger partial charge on any atom is 0.227 e. The summed E-state index contributed by atoms with van der Waals surface area (Å²) in [5, 5.41) is 6.01. The molecule has 0 unspecified atom stereocenters. The molecular formula is C13H19N3OS. The Hall–Kier alpha value is -1.20. The van der Waals surface area contributed by atoms with Crippen molar-refractivity contribution in [1.29, 1.82) is 0 Å². The molecule has 0 spiro atoms. The Morgan fingerprint density at radius 1 is 1.39 bits per heavy atom. The van der Waals surface area contributed by atoms with E-state index >= 15 is 0 Å². The first-order valence-electron chi connectivity index (χ1n) is 6.17. The lowest BCUT2D eigenvalue weighted by atomic mass is 9.84. The minimum absolute atomic E-state index is 0.228. The zero-order valence-electron chi connectivity index (χ0n) is 10.8. The molecule has 0 amide bonds. The molecule has 2 rings (SSSR count). The maximum atomic E-state index is 5.60. The van der Waals surface area contributed by atoms with Crippen LogP contribution in [0.4, 0.5) is 0 Å². The predicted octanol–water partition coefficient (Wildman–Crippen LogP) is 3.11. The lowest BCUT2D eigenvalue weighted by Crippen LogP contribution is -2.17. The molecule has 18 heavy (non-hydrogen) atoms. The normalized spacial score (nSPS) is 11.9. The monoisotopic (exact) mass is 265 g/mol. The molecule has 98 valence electrons. The second-order valence-electron chi connectivity index (χ2n) is 5.19. The highest BCUT2D eigenvalue weighted by molar-refractivity contribution is 7.13. The molecule has 0 saturated carbocycles. The molecule has 0 aliphatic heterocycles. The van der Waals surface area contributed by atoms with E-state index in [0.717, 1.165) is 30.7 Å². The van der Waals surface area contributed by atoms with Gasteiger partial charge in [-0.05, 0) is 36.2 Å². The molecular weight excluding hydrogens is 246 g/mol. The summed E-state index contributed by atoms with van der Waals surface area (Å²) in [5.41, 5.74) is 5.83. The lowest BCUT2D eigenvalue weighted by molar-refractivity contribution is 0.289. The largest absolute Gasteiger partial charge is 0.339 e. The van der Waals surface area contributed by atoms with Crippen LogP contribution in [0.25, 0.3) is 10.7 Å². The lowest BCUT2D eigenvalue weighted by Gasteiger charge is -2.22. The Labute approximate surface area is 111 Å². The smallest absolute Gasteiger partial charge is 0.227 e. The number of thiophene rings is 1. The fourth-order valence-corrected chi connectivity index (χ4v) is 2.47. The van der Waals surface area contributed by atoms with Gasteiger partial charge in [0.25, 0.3) is 0 Å². The molecule has 0 radical (unpaired) electrons. The standard InChI is InChI=1S/C13H19N3OS/c1-13(2,7-8-14)6-5-11-15-12(16-17-11)10-4-3-9-18-10/h3-4,9H,5-8,14H2,1-2H3. The first kappa shape index (κ1) is 13.2. The number of hydrogen-bond acceptors (Lipinski definition) is 5. The molecule has 0 aliphatic carbocycles. The SMILES string of the molecule is CC(C)(CCN)CCc1nc(-c2cccs2)no1. The van der Waals surface area contributed by atoms with E-state index in [2.05, 4.69) is 24.0 Å². The highest BCUT2D eigenvalue weighted by Gasteiger charge is 2.18. The van der Waals surface area contributed by atoms with Crippen molar-refractivity contribution in [3.8, 4) is 10.7 Å². The van der Waals surface area contributed by atoms with Crippen LogP contribution in [0.5, 0.6) is 0 Å². The van der Waals surface area contributed by atoms with Gasteiger partial charge >= 0.3 is 0 Å². The summed E-state index contributed by atoms with van der Waals surface area (Å²) < 4.78 is 5.28. The zero-order valence-corrected chi connectivity index (χ0v) is 11.7. The Balaban J connectivity index is 1.95. The van der Waals surface area contributed by atoms with Crippen molar-refractivity contribution < 1.29 is 4.52 Å². The van der Waals surface area contributed by atoms with Gasteiger partial charge in [-0.3, -0.25) is 0 Å². The van der Waals surface area contributed by atoms with Gasteiger partial charge < -0.3 is 10.3 Å². The summed E-state index contributed by atoms with van der Waals surface area (Å²) in [6, 6.07) is 3.98. The minimum Gasteiger partial charge on any atom is -0.339 e. The second-order valence-corrected chi connectivity index (χ2v) is 6.14. The van der Waals surface area contributed by atoms with E-state index in [-0.39, 0.29) is 5.41 Å². The Kier molecular flexibility index (Phi) is 4.14. The molecule has 0 bridgehead atoms. The summed E-state index contributed by atoms with van der Waals surface area (Å²) in [4.78, 5) is 5.46. The maximum absolute atomic E-state index is 5.60. The number of aromatic nitrogens is 2. The van der Waals surface area contributed by atoms with Gasteiger partial charge in [-0.25, -0.2) is 0 Å². The number of nitrogens with two attached hydrogens (primary N) is 1. The molecule has 0 aliphatic rings. The van der Waals surface area contributed by atoms with Crippen molar-refractivity contribution in [2.75, 3.05) is 6.54 Å². The Bertz CT molecular complexity index is 476. The van der Waals surface area contributed by atoms with Gasteiger partial charge in [-0.1, -0.05) is 25.1 Å². The van der Waals surface area contributed by atoms with Crippen molar-refractivity contribution in [1.82, 2.24) is 10.1 Å². The van der Waals surface area contributed by atoms with Crippen molar-refractivity contribution >= 4 is 11.3 Å². The van der Waals surface area contributed by atoms with Crippen LogP contribution >= 0.6 is 11.3 Å². The van der Waals surface area contributed by atoms with E-state index in [1.165, 1.54) is 0 Å². The summed E-state index contributed by atoms with van der Waals surface area (Å²) in [5.74, 6) is 1.40. The van der Waals surface area contributed by atoms with Crippen LogP contribution in [0.1, 0.15) is 32.6 Å². The van der Waals surface area contributed by atoms with Crippen molar-refractivity contribution in [2.45, 2.75) is 33.1 Å². The highest BCUT2D eigenvalue weighted by Crippen LogP contribution is 2.27. The first-order chi connectivity index (χ1) is 8.61. The summed E-state index contributed by atoms with van der Waals surface area (Å²) in [6.07, 6.45) is 2.83. The van der Waals surface area contributed by atoms with Crippen LogP contribution in [0.3, 0.4) is 0 Å². The van der Waals surface area contributed by atoms with E-state index in [0.29, 0.717) is 11.7 Å². The molecule has 0 fully saturated rings. The average molecular weight is 265 g/mol. The van der Waals surface area contributed by atoms with Crippen molar-refractivity contribution in [2.24, 2.45) is 11.1 Å². The van der Waals surface area contributed by atoms with Gasteiger partial charge in [0, 0.05) is 6.42 Å². The van der Waals surface area contributed by atoms with E-state index in [9.17, 15) is 0 Å². The topological polar surface area (TPSA) is 64.9 Å². The van der Waals surface area contributed by atoms with Gasteiger partial charge in [0.05, 0.1) is 4.88 Å².